The van der Waals surface area contributed by atoms with E-state index in [1.165, 1.54) is 0 Å². The van der Waals surface area contributed by atoms with Gasteiger partial charge in [0.15, 0.2) is 0 Å². The lowest BCUT2D eigenvalue weighted by Gasteiger charge is -2.16. The molecule has 2 heterocycles. The number of likely N-dealkylation sites (tertiary alicyclic amines) is 1. The maximum Gasteiger partial charge on any atom is 0.319 e. The van der Waals surface area contributed by atoms with Crippen LogP contribution >= 0.6 is 0 Å². The highest BCUT2D eigenvalue weighted by Crippen LogP contribution is 2.19. The number of anilines is 1. The summed E-state index contributed by atoms with van der Waals surface area (Å²) in [4.78, 5) is 26.2. The van der Waals surface area contributed by atoms with Crippen molar-refractivity contribution in [2.75, 3.05) is 18.4 Å². The summed E-state index contributed by atoms with van der Waals surface area (Å²) < 4.78 is 5.16. The molecule has 1 fully saturated rings. The van der Waals surface area contributed by atoms with Crippen molar-refractivity contribution in [3.63, 3.8) is 0 Å². The SMILES string of the molecule is Cc1cc(C(=O)N2CCCC2)ccc1NC(=O)NCc1ccco1. The number of hydrogen-bond acceptors (Lipinski definition) is 3. The minimum Gasteiger partial charge on any atom is -0.467 e. The van der Waals surface area contributed by atoms with Gasteiger partial charge in [-0.05, 0) is 55.7 Å². The van der Waals surface area contributed by atoms with Gasteiger partial charge in [-0.25, -0.2) is 4.79 Å². The zero-order chi connectivity index (χ0) is 16.9. The summed E-state index contributed by atoms with van der Waals surface area (Å²) in [5.74, 6) is 0.748. The maximum atomic E-state index is 12.4. The van der Waals surface area contributed by atoms with Crippen LogP contribution in [-0.4, -0.2) is 29.9 Å². The Morgan fingerprint density at radius 3 is 2.67 bits per heavy atom. The number of carbonyl (C=O) groups excluding carboxylic acids is 2. The highest BCUT2D eigenvalue weighted by atomic mass is 16.3. The standard InChI is InChI=1S/C18H21N3O3/c1-13-11-14(17(22)21-8-2-3-9-21)6-7-16(13)20-18(23)19-12-15-5-4-10-24-15/h4-7,10-11H,2-3,8-9,12H2,1H3,(H2,19,20,23). The molecular formula is C18H21N3O3. The molecule has 0 spiro atoms. The predicted octanol–water partition coefficient (Wildman–Crippen LogP) is 3.15. The lowest BCUT2D eigenvalue weighted by molar-refractivity contribution is 0.0792. The van der Waals surface area contributed by atoms with E-state index in [0.29, 0.717) is 23.6 Å². The zero-order valence-corrected chi connectivity index (χ0v) is 13.7. The highest BCUT2D eigenvalue weighted by molar-refractivity contribution is 5.96. The molecule has 0 atom stereocenters. The monoisotopic (exact) mass is 327 g/mol. The molecule has 1 aromatic carbocycles. The van der Waals surface area contributed by atoms with Gasteiger partial charge in [0, 0.05) is 24.3 Å². The molecule has 6 nitrogen and oxygen atoms in total. The predicted molar refractivity (Wildman–Crippen MR) is 90.9 cm³/mol. The van der Waals surface area contributed by atoms with E-state index in [2.05, 4.69) is 10.6 Å². The number of aryl methyl sites for hydroxylation is 1. The Hall–Kier alpha value is -2.76. The van der Waals surface area contributed by atoms with E-state index >= 15 is 0 Å². The summed E-state index contributed by atoms with van der Waals surface area (Å²) in [6, 6.07) is 8.61. The van der Waals surface area contributed by atoms with Gasteiger partial charge < -0.3 is 20.0 Å². The van der Waals surface area contributed by atoms with Crippen molar-refractivity contribution in [1.29, 1.82) is 0 Å². The first-order valence-corrected chi connectivity index (χ1v) is 8.10. The highest BCUT2D eigenvalue weighted by Gasteiger charge is 2.20. The molecule has 0 unspecified atom stereocenters. The quantitative estimate of drug-likeness (QED) is 0.906. The molecule has 126 valence electrons. The molecule has 3 amide bonds. The summed E-state index contributed by atoms with van der Waals surface area (Å²) in [7, 11) is 0. The van der Waals surface area contributed by atoms with Gasteiger partial charge in [0.2, 0.25) is 0 Å². The summed E-state index contributed by atoms with van der Waals surface area (Å²) in [6.07, 6.45) is 3.70. The van der Waals surface area contributed by atoms with Gasteiger partial charge in [0.25, 0.3) is 5.91 Å². The van der Waals surface area contributed by atoms with E-state index in [4.69, 9.17) is 4.42 Å². The molecule has 0 saturated carbocycles. The number of amides is 3. The van der Waals surface area contributed by atoms with Crippen molar-refractivity contribution in [2.45, 2.75) is 26.3 Å². The molecule has 1 saturated heterocycles. The van der Waals surface area contributed by atoms with Crippen LogP contribution in [-0.2, 0) is 6.54 Å². The lowest BCUT2D eigenvalue weighted by Crippen LogP contribution is -2.29. The largest absolute Gasteiger partial charge is 0.467 e. The molecule has 1 aliphatic heterocycles. The van der Waals surface area contributed by atoms with Crippen molar-refractivity contribution in [3.8, 4) is 0 Å². The van der Waals surface area contributed by atoms with Crippen LogP contribution in [0, 0.1) is 6.92 Å². The Kier molecular flexibility index (Phi) is 4.84. The molecule has 0 bridgehead atoms. The van der Waals surface area contributed by atoms with Crippen LogP contribution < -0.4 is 10.6 Å². The third-order valence-electron chi connectivity index (χ3n) is 4.12. The minimum atomic E-state index is -0.312. The average molecular weight is 327 g/mol. The van der Waals surface area contributed by atoms with Crippen molar-refractivity contribution < 1.29 is 14.0 Å². The van der Waals surface area contributed by atoms with E-state index in [9.17, 15) is 9.59 Å². The number of benzene rings is 1. The topological polar surface area (TPSA) is 74.6 Å². The van der Waals surface area contributed by atoms with Crippen molar-refractivity contribution in [2.24, 2.45) is 0 Å². The third-order valence-corrected chi connectivity index (χ3v) is 4.12. The number of urea groups is 1. The molecule has 24 heavy (non-hydrogen) atoms. The number of carbonyl (C=O) groups is 2. The Bertz CT molecular complexity index is 719. The summed E-state index contributed by atoms with van der Waals surface area (Å²) >= 11 is 0. The normalized spacial score (nSPS) is 13.8. The molecule has 0 aliphatic carbocycles. The second-order valence-electron chi connectivity index (χ2n) is 5.92. The summed E-state index contributed by atoms with van der Waals surface area (Å²) in [5, 5.41) is 5.52. The first-order valence-electron chi connectivity index (χ1n) is 8.10. The van der Waals surface area contributed by atoms with Crippen LogP contribution in [0.25, 0.3) is 0 Å². The fourth-order valence-corrected chi connectivity index (χ4v) is 2.79. The summed E-state index contributed by atoms with van der Waals surface area (Å²) in [6.45, 7) is 3.85. The Morgan fingerprint density at radius 2 is 2.00 bits per heavy atom. The Labute approximate surface area is 140 Å². The van der Waals surface area contributed by atoms with E-state index < -0.39 is 0 Å². The molecule has 2 N–H and O–H groups in total. The van der Waals surface area contributed by atoms with Crippen LogP contribution in [0.3, 0.4) is 0 Å². The molecule has 2 aromatic rings. The third kappa shape index (κ3) is 3.76. The van der Waals surface area contributed by atoms with Gasteiger partial charge >= 0.3 is 6.03 Å². The van der Waals surface area contributed by atoms with Crippen LogP contribution in [0.4, 0.5) is 10.5 Å². The van der Waals surface area contributed by atoms with Gasteiger partial charge in [0.05, 0.1) is 12.8 Å². The van der Waals surface area contributed by atoms with Crippen LogP contribution in [0.2, 0.25) is 0 Å². The van der Waals surface area contributed by atoms with Gasteiger partial charge in [-0.15, -0.1) is 0 Å². The molecular weight excluding hydrogens is 306 g/mol. The van der Waals surface area contributed by atoms with E-state index in [1.54, 1.807) is 30.5 Å². The fourth-order valence-electron chi connectivity index (χ4n) is 2.79. The lowest BCUT2D eigenvalue weighted by atomic mass is 10.1. The van der Waals surface area contributed by atoms with Gasteiger partial charge in [-0.1, -0.05) is 0 Å². The fraction of sp³-hybridized carbons (Fsp3) is 0.333. The van der Waals surface area contributed by atoms with Gasteiger partial charge in [0.1, 0.15) is 5.76 Å². The summed E-state index contributed by atoms with van der Waals surface area (Å²) in [5.41, 5.74) is 2.20. The van der Waals surface area contributed by atoms with Gasteiger partial charge in [-0.3, -0.25) is 4.79 Å². The van der Waals surface area contributed by atoms with Crippen LogP contribution in [0.5, 0.6) is 0 Å². The number of rotatable bonds is 4. The second-order valence-corrected chi connectivity index (χ2v) is 5.92. The van der Waals surface area contributed by atoms with Crippen molar-refractivity contribution in [1.82, 2.24) is 10.2 Å². The average Bonchev–Trinajstić information content (AvgIpc) is 3.27. The van der Waals surface area contributed by atoms with Crippen molar-refractivity contribution in [3.05, 3.63) is 53.5 Å². The Morgan fingerprint density at radius 1 is 1.21 bits per heavy atom. The minimum absolute atomic E-state index is 0.0596. The molecule has 3 rings (SSSR count). The molecule has 6 heteroatoms. The Balaban J connectivity index is 1.59. The maximum absolute atomic E-state index is 12.4. The number of furan rings is 1. The number of hydrogen-bond donors (Lipinski definition) is 2. The first kappa shape index (κ1) is 16.1. The van der Waals surface area contributed by atoms with Crippen LogP contribution in [0.1, 0.15) is 34.5 Å². The number of nitrogens with zero attached hydrogens (tertiary/aromatic N) is 1. The van der Waals surface area contributed by atoms with E-state index in [0.717, 1.165) is 31.5 Å². The zero-order valence-electron chi connectivity index (χ0n) is 13.7. The van der Waals surface area contributed by atoms with Gasteiger partial charge in [-0.2, -0.15) is 0 Å². The molecule has 1 aliphatic rings. The van der Waals surface area contributed by atoms with E-state index in [-0.39, 0.29) is 11.9 Å². The second kappa shape index (κ2) is 7.21. The van der Waals surface area contributed by atoms with E-state index in [1.807, 2.05) is 17.9 Å². The molecule has 0 radical (unpaired) electrons. The smallest absolute Gasteiger partial charge is 0.319 e. The number of nitrogens with one attached hydrogen (secondary N) is 2. The first-order chi connectivity index (χ1) is 11.6. The van der Waals surface area contributed by atoms with Crippen LogP contribution in [0.15, 0.2) is 41.0 Å². The molecule has 1 aromatic heterocycles. The van der Waals surface area contributed by atoms with Crippen molar-refractivity contribution >= 4 is 17.6 Å².